The number of cyclic esters (lactones) is 1. The molecule has 6 nitrogen and oxygen atoms in total. The van der Waals surface area contributed by atoms with E-state index in [1.165, 1.54) is 5.56 Å². The van der Waals surface area contributed by atoms with Gasteiger partial charge in [0.25, 0.3) is 0 Å². The second-order valence-electron chi connectivity index (χ2n) is 6.80. The van der Waals surface area contributed by atoms with Gasteiger partial charge in [-0.2, -0.15) is 0 Å². The number of fused-ring (bicyclic) bond motifs is 1. The number of hydrogen-bond donors (Lipinski definition) is 1. The highest BCUT2D eigenvalue weighted by Crippen LogP contribution is 2.59. The van der Waals surface area contributed by atoms with E-state index in [1.807, 2.05) is 17.0 Å². The third-order valence-electron chi connectivity index (χ3n) is 5.42. The molecule has 122 valence electrons. The molecule has 0 bridgehead atoms. The highest BCUT2D eigenvalue weighted by Gasteiger charge is 2.61. The maximum atomic E-state index is 11.8. The number of anilines is 1. The summed E-state index contributed by atoms with van der Waals surface area (Å²) in [6, 6.07) is 7.96. The Hall–Kier alpha value is -2.08. The molecule has 2 unspecified atom stereocenters. The van der Waals surface area contributed by atoms with Crippen LogP contribution in [0.15, 0.2) is 24.3 Å². The van der Waals surface area contributed by atoms with Crippen LogP contribution in [0.4, 0.5) is 10.5 Å². The second-order valence-corrected chi connectivity index (χ2v) is 6.80. The number of carbonyl (C=O) groups excluding carboxylic acids is 2. The molecule has 2 aliphatic heterocycles. The van der Waals surface area contributed by atoms with Crippen LogP contribution >= 0.6 is 0 Å². The number of amides is 2. The number of ether oxygens (including phenoxy) is 1. The highest BCUT2D eigenvalue weighted by atomic mass is 16.6. The van der Waals surface area contributed by atoms with Gasteiger partial charge in [0.15, 0.2) is 0 Å². The summed E-state index contributed by atoms with van der Waals surface area (Å²) in [7, 11) is 0. The summed E-state index contributed by atoms with van der Waals surface area (Å²) in [5, 5.41) is 9.11. The molecule has 1 aromatic carbocycles. The molecule has 0 radical (unpaired) electrons. The molecule has 3 fully saturated rings. The summed E-state index contributed by atoms with van der Waals surface area (Å²) in [5.41, 5.74) is 2.13. The van der Waals surface area contributed by atoms with Crippen molar-refractivity contribution in [3.05, 3.63) is 29.8 Å². The summed E-state index contributed by atoms with van der Waals surface area (Å²) >= 11 is 0. The number of hydrogen-bond acceptors (Lipinski definition) is 4. The van der Waals surface area contributed by atoms with Crippen molar-refractivity contribution in [2.45, 2.75) is 24.9 Å². The second kappa shape index (κ2) is 4.96. The smallest absolute Gasteiger partial charge is 0.414 e. The van der Waals surface area contributed by atoms with Crippen molar-refractivity contribution in [2.75, 3.05) is 31.1 Å². The van der Waals surface area contributed by atoms with Crippen LogP contribution < -0.4 is 4.90 Å². The van der Waals surface area contributed by atoms with Gasteiger partial charge in [-0.05, 0) is 30.0 Å². The molecule has 2 saturated heterocycles. The molecular formula is C17H20N2O4. The maximum absolute atomic E-state index is 11.8. The van der Waals surface area contributed by atoms with Crippen molar-refractivity contribution in [3.63, 3.8) is 0 Å². The van der Waals surface area contributed by atoms with Crippen molar-refractivity contribution in [1.29, 1.82) is 0 Å². The first kappa shape index (κ1) is 14.5. The van der Waals surface area contributed by atoms with E-state index in [4.69, 9.17) is 9.84 Å². The molecule has 1 aromatic rings. The fraction of sp³-hybridized carbons (Fsp3) is 0.529. The molecule has 1 aliphatic carbocycles. The van der Waals surface area contributed by atoms with Crippen molar-refractivity contribution in [2.24, 2.45) is 5.92 Å². The zero-order chi connectivity index (χ0) is 16.2. The van der Waals surface area contributed by atoms with E-state index in [0.29, 0.717) is 12.5 Å². The zero-order valence-corrected chi connectivity index (χ0v) is 13.1. The Labute approximate surface area is 134 Å². The summed E-state index contributed by atoms with van der Waals surface area (Å²) in [6.07, 6.45) is 0.268. The predicted octanol–water partition coefficient (Wildman–Crippen LogP) is 1.12. The molecule has 3 atom stereocenters. The van der Waals surface area contributed by atoms with Gasteiger partial charge in [-0.3, -0.25) is 9.69 Å². The van der Waals surface area contributed by atoms with Gasteiger partial charge in [0, 0.05) is 31.1 Å². The lowest BCUT2D eigenvalue weighted by molar-refractivity contribution is -0.128. The number of aliphatic hydroxyl groups is 1. The molecule has 0 spiro atoms. The Morgan fingerprint density at radius 3 is 2.65 bits per heavy atom. The van der Waals surface area contributed by atoms with Crippen LogP contribution in [0.3, 0.4) is 0 Å². The molecule has 23 heavy (non-hydrogen) atoms. The first-order chi connectivity index (χ1) is 11.0. The molecule has 1 saturated carbocycles. The van der Waals surface area contributed by atoms with Crippen LogP contribution in [0, 0.1) is 5.92 Å². The van der Waals surface area contributed by atoms with E-state index >= 15 is 0 Å². The molecule has 4 rings (SSSR count). The number of piperidine rings is 1. The first-order valence-electron chi connectivity index (χ1n) is 7.98. The first-order valence-corrected chi connectivity index (χ1v) is 7.98. The fourth-order valence-corrected chi connectivity index (χ4v) is 3.97. The van der Waals surface area contributed by atoms with Crippen LogP contribution in [0.25, 0.3) is 0 Å². The van der Waals surface area contributed by atoms with Crippen LogP contribution in [-0.2, 0) is 14.9 Å². The highest BCUT2D eigenvalue weighted by molar-refractivity contribution is 5.89. The minimum Gasteiger partial charge on any atom is -0.441 e. The van der Waals surface area contributed by atoms with Crippen LogP contribution in [0.1, 0.15) is 18.9 Å². The molecular weight excluding hydrogens is 296 g/mol. The van der Waals surface area contributed by atoms with Crippen molar-refractivity contribution >= 4 is 17.7 Å². The van der Waals surface area contributed by atoms with Crippen LogP contribution in [0.2, 0.25) is 0 Å². The van der Waals surface area contributed by atoms with E-state index in [0.717, 1.165) is 25.2 Å². The quantitative estimate of drug-likeness (QED) is 0.907. The lowest BCUT2D eigenvalue weighted by Crippen LogP contribution is -2.30. The summed E-state index contributed by atoms with van der Waals surface area (Å²) < 4.78 is 5.07. The van der Waals surface area contributed by atoms with E-state index < -0.39 is 12.2 Å². The lowest BCUT2D eigenvalue weighted by Gasteiger charge is -2.20. The van der Waals surface area contributed by atoms with Crippen molar-refractivity contribution in [3.8, 4) is 0 Å². The Morgan fingerprint density at radius 2 is 2.09 bits per heavy atom. The molecule has 2 amide bonds. The van der Waals surface area contributed by atoms with Gasteiger partial charge < -0.3 is 14.7 Å². The number of aliphatic hydroxyl groups excluding tert-OH is 1. The van der Waals surface area contributed by atoms with Gasteiger partial charge in [0.05, 0.1) is 13.2 Å². The van der Waals surface area contributed by atoms with E-state index in [9.17, 15) is 9.59 Å². The minimum atomic E-state index is -0.451. The SMILES string of the molecule is CC(=O)N1CC2CC2(c2ccc(N3C[C@H](CO)OC3=O)cc2)C1. The maximum Gasteiger partial charge on any atom is 0.414 e. The molecule has 6 heteroatoms. The summed E-state index contributed by atoms with van der Waals surface area (Å²) in [6.45, 7) is 3.49. The monoisotopic (exact) mass is 316 g/mol. The Balaban J connectivity index is 1.52. The minimum absolute atomic E-state index is 0.114. The predicted molar refractivity (Wildman–Crippen MR) is 83.2 cm³/mol. The third kappa shape index (κ3) is 2.20. The van der Waals surface area contributed by atoms with E-state index in [2.05, 4.69) is 12.1 Å². The third-order valence-corrected chi connectivity index (χ3v) is 5.42. The van der Waals surface area contributed by atoms with Crippen molar-refractivity contribution in [1.82, 2.24) is 4.90 Å². The van der Waals surface area contributed by atoms with Crippen molar-refractivity contribution < 1.29 is 19.4 Å². The van der Waals surface area contributed by atoms with Gasteiger partial charge >= 0.3 is 6.09 Å². The zero-order valence-electron chi connectivity index (χ0n) is 13.1. The van der Waals surface area contributed by atoms with E-state index in [1.54, 1.807) is 11.8 Å². The number of carbonyl (C=O) groups is 2. The standard InChI is InChI=1S/C17H20N2O4/c1-11(21)18-7-13-6-17(13,10-18)12-2-4-14(5-3-12)19-8-15(9-20)23-16(19)22/h2-5,13,15,20H,6-10H2,1H3/t13?,15-,17?/m1/s1. The molecule has 2 heterocycles. The Morgan fingerprint density at radius 1 is 1.35 bits per heavy atom. The lowest BCUT2D eigenvalue weighted by atomic mass is 9.94. The molecule has 0 aromatic heterocycles. The van der Waals surface area contributed by atoms with Crippen LogP contribution in [-0.4, -0.2) is 54.4 Å². The van der Waals surface area contributed by atoms with Crippen LogP contribution in [0.5, 0.6) is 0 Å². The number of benzene rings is 1. The number of nitrogens with zero attached hydrogens (tertiary/aromatic N) is 2. The molecule has 1 N–H and O–H groups in total. The Bertz CT molecular complexity index is 659. The average molecular weight is 316 g/mol. The Kier molecular flexibility index (Phi) is 3.13. The fourth-order valence-electron chi connectivity index (χ4n) is 3.97. The summed E-state index contributed by atoms with van der Waals surface area (Å²) in [5.74, 6) is 0.704. The molecule has 3 aliphatic rings. The van der Waals surface area contributed by atoms with Gasteiger partial charge in [-0.15, -0.1) is 0 Å². The number of likely N-dealkylation sites (tertiary alicyclic amines) is 1. The number of rotatable bonds is 3. The largest absolute Gasteiger partial charge is 0.441 e. The average Bonchev–Trinajstić information content (AvgIpc) is 2.92. The topological polar surface area (TPSA) is 70.1 Å². The van der Waals surface area contributed by atoms with Gasteiger partial charge in [-0.1, -0.05) is 12.1 Å². The van der Waals surface area contributed by atoms with E-state index in [-0.39, 0.29) is 17.9 Å². The van der Waals surface area contributed by atoms with Gasteiger partial charge in [-0.25, -0.2) is 4.79 Å². The normalized spacial score (nSPS) is 32.0. The summed E-state index contributed by atoms with van der Waals surface area (Å²) in [4.78, 5) is 26.8. The van der Waals surface area contributed by atoms with Gasteiger partial charge in [0.2, 0.25) is 5.91 Å². The van der Waals surface area contributed by atoms with Gasteiger partial charge in [0.1, 0.15) is 6.10 Å².